The van der Waals surface area contributed by atoms with Gasteiger partial charge in [-0.2, -0.15) is 13.2 Å². The zero-order chi connectivity index (χ0) is 23.7. The van der Waals surface area contributed by atoms with Gasteiger partial charge in [0.1, 0.15) is 10.7 Å². The second kappa shape index (κ2) is 7.55. The number of hydrogen-bond acceptors (Lipinski definition) is 4. The van der Waals surface area contributed by atoms with Crippen molar-refractivity contribution in [1.29, 1.82) is 0 Å². The van der Waals surface area contributed by atoms with Gasteiger partial charge in [-0.15, -0.1) is 11.3 Å². The number of hydrogen-bond donors (Lipinski definition) is 0. The van der Waals surface area contributed by atoms with Gasteiger partial charge in [-0.25, -0.2) is 4.98 Å². The van der Waals surface area contributed by atoms with Crippen LogP contribution in [0.1, 0.15) is 31.2 Å². The van der Waals surface area contributed by atoms with Crippen molar-refractivity contribution in [2.24, 2.45) is 7.05 Å². The number of halogens is 5. The maximum Gasteiger partial charge on any atom is 0.416 e. The highest BCUT2D eigenvalue weighted by molar-refractivity contribution is 7.19. The predicted octanol–water partition coefficient (Wildman–Crippen LogP) is 7.09. The van der Waals surface area contributed by atoms with E-state index in [1.54, 1.807) is 17.7 Å². The molecule has 0 saturated heterocycles. The highest BCUT2D eigenvalue weighted by atomic mass is 35.5. The summed E-state index contributed by atoms with van der Waals surface area (Å²) in [5.74, 6) is -0.345. The fourth-order valence-electron chi connectivity index (χ4n) is 3.72. The van der Waals surface area contributed by atoms with E-state index in [1.165, 1.54) is 41.7 Å². The molecule has 2 aromatic carbocycles. The molecule has 0 saturated carbocycles. The molecule has 1 aliphatic rings. The number of carbonyl (C=O) groups excluding carboxylic acids is 2. The first-order chi connectivity index (χ1) is 15.5. The van der Waals surface area contributed by atoms with Crippen LogP contribution in [-0.2, 0) is 13.2 Å². The molecule has 0 unspecified atom stereocenters. The van der Waals surface area contributed by atoms with Crippen LogP contribution in [0.15, 0.2) is 48.0 Å². The van der Waals surface area contributed by atoms with E-state index in [2.05, 4.69) is 4.98 Å². The lowest BCUT2D eigenvalue weighted by atomic mass is 10.1. The van der Waals surface area contributed by atoms with E-state index in [0.29, 0.717) is 21.1 Å². The fraction of sp³-hybridized carbons (Fsp3) is 0.0870. The number of rotatable bonds is 2. The van der Waals surface area contributed by atoms with Gasteiger partial charge in [-0.05, 0) is 36.4 Å². The molecule has 1 aliphatic carbocycles. The van der Waals surface area contributed by atoms with Crippen LogP contribution in [0.4, 0.5) is 13.2 Å². The van der Waals surface area contributed by atoms with Gasteiger partial charge < -0.3 is 4.57 Å². The van der Waals surface area contributed by atoms with Crippen molar-refractivity contribution in [3.63, 3.8) is 0 Å². The molecule has 0 N–H and O–H groups in total. The van der Waals surface area contributed by atoms with Crippen LogP contribution < -0.4 is 0 Å². The van der Waals surface area contributed by atoms with Crippen LogP contribution in [0, 0.1) is 0 Å². The minimum atomic E-state index is -4.41. The second-order valence-corrected chi connectivity index (χ2v) is 9.31. The number of carbonyl (C=O) groups is 2. The zero-order valence-electron chi connectivity index (χ0n) is 16.6. The molecule has 10 heteroatoms. The van der Waals surface area contributed by atoms with Crippen molar-refractivity contribution in [2.45, 2.75) is 6.18 Å². The molecule has 0 fully saturated rings. The lowest BCUT2D eigenvalue weighted by Crippen LogP contribution is -2.04. The second-order valence-electron chi connectivity index (χ2n) is 7.44. The number of allylic oxidation sites excluding steroid dienone is 1. The molecule has 0 bridgehead atoms. The molecule has 4 aromatic rings. The Morgan fingerprint density at radius 1 is 0.970 bits per heavy atom. The van der Waals surface area contributed by atoms with Crippen molar-refractivity contribution < 1.29 is 22.8 Å². The summed E-state index contributed by atoms with van der Waals surface area (Å²) in [6.45, 7) is 0. The van der Waals surface area contributed by atoms with Crippen LogP contribution in [0.5, 0.6) is 0 Å². The van der Waals surface area contributed by atoms with Crippen LogP contribution in [0.3, 0.4) is 0 Å². The number of nitrogens with zero attached hydrogens (tertiary/aromatic N) is 2. The smallest absolute Gasteiger partial charge is 0.326 e. The summed E-state index contributed by atoms with van der Waals surface area (Å²) < 4.78 is 40.2. The third-order valence-corrected chi connectivity index (χ3v) is 7.08. The van der Waals surface area contributed by atoms with Gasteiger partial charge in [-0.1, -0.05) is 35.3 Å². The Kier molecular flexibility index (Phi) is 5.00. The number of aryl methyl sites for hydroxylation is 1. The largest absolute Gasteiger partial charge is 0.416 e. The molecule has 4 nitrogen and oxygen atoms in total. The number of benzene rings is 2. The van der Waals surface area contributed by atoms with Crippen molar-refractivity contribution in [2.75, 3.05) is 0 Å². The van der Waals surface area contributed by atoms with Crippen molar-refractivity contribution in [1.82, 2.24) is 9.55 Å². The lowest BCUT2D eigenvalue weighted by molar-refractivity contribution is -0.137. The molecule has 5 rings (SSSR count). The van der Waals surface area contributed by atoms with E-state index in [4.69, 9.17) is 23.2 Å². The first-order valence-electron chi connectivity index (χ1n) is 9.48. The van der Waals surface area contributed by atoms with E-state index < -0.39 is 23.3 Å². The molecule has 0 atom stereocenters. The number of fused-ring (bicyclic) bond motifs is 2. The number of imidazole rings is 1. The molecule has 2 heterocycles. The summed E-state index contributed by atoms with van der Waals surface area (Å²) >= 11 is 13.2. The van der Waals surface area contributed by atoms with Crippen LogP contribution in [0.25, 0.3) is 27.8 Å². The lowest BCUT2D eigenvalue weighted by Gasteiger charge is -2.07. The van der Waals surface area contributed by atoms with Crippen LogP contribution in [0.2, 0.25) is 10.0 Å². The monoisotopic (exact) mass is 506 g/mol. The summed E-state index contributed by atoms with van der Waals surface area (Å²) in [4.78, 5) is 31.3. The Morgan fingerprint density at radius 3 is 2.06 bits per heavy atom. The van der Waals surface area contributed by atoms with E-state index in [-0.39, 0.29) is 26.7 Å². The summed E-state index contributed by atoms with van der Waals surface area (Å²) in [6, 6.07) is 9.34. The normalized spacial score (nSPS) is 13.8. The van der Waals surface area contributed by atoms with E-state index >= 15 is 0 Å². The Bertz CT molecular complexity index is 1470. The molecule has 0 amide bonds. The minimum Gasteiger partial charge on any atom is -0.326 e. The Morgan fingerprint density at radius 2 is 1.55 bits per heavy atom. The maximum absolute atomic E-state index is 12.8. The molecular formula is C23H11Cl2F3N2O2S. The van der Waals surface area contributed by atoms with Gasteiger partial charge in [0.25, 0.3) is 0 Å². The Labute approximate surface area is 198 Å². The highest BCUT2D eigenvalue weighted by Gasteiger charge is 2.34. The van der Waals surface area contributed by atoms with Gasteiger partial charge in [-0.3, -0.25) is 9.59 Å². The molecule has 0 spiro atoms. The highest BCUT2D eigenvalue weighted by Crippen LogP contribution is 2.37. The molecule has 0 radical (unpaired) electrons. The average Bonchev–Trinajstić information content (AvgIpc) is 3.36. The van der Waals surface area contributed by atoms with Gasteiger partial charge in [0.05, 0.1) is 26.7 Å². The third-order valence-electron chi connectivity index (χ3n) is 5.40. The molecule has 33 heavy (non-hydrogen) atoms. The van der Waals surface area contributed by atoms with Crippen LogP contribution >= 0.6 is 34.5 Å². The third kappa shape index (κ3) is 3.58. The Hall–Kier alpha value is -2.94. The number of alkyl halides is 3. The van der Waals surface area contributed by atoms with Crippen molar-refractivity contribution in [3.8, 4) is 11.4 Å². The van der Waals surface area contributed by atoms with Gasteiger partial charge >= 0.3 is 6.18 Å². The molecular weight excluding hydrogens is 496 g/mol. The number of aromatic nitrogens is 2. The molecule has 2 aromatic heterocycles. The Balaban J connectivity index is 1.50. The summed E-state index contributed by atoms with van der Waals surface area (Å²) in [7, 11) is 1.75. The zero-order valence-corrected chi connectivity index (χ0v) is 19.0. The minimum absolute atomic E-state index is 0.0119. The molecule has 166 valence electrons. The predicted molar refractivity (Wildman–Crippen MR) is 122 cm³/mol. The van der Waals surface area contributed by atoms with Crippen molar-refractivity contribution in [3.05, 3.63) is 79.7 Å². The summed E-state index contributed by atoms with van der Waals surface area (Å²) in [5, 5.41) is 0.388. The fourth-order valence-corrected chi connectivity index (χ4v) is 5.05. The van der Waals surface area contributed by atoms with E-state index in [9.17, 15) is 22.8 Å². The maximum atomic E-state index is 12.8. The standard InChI is InChI=1S/C23H11Cl2F3N2O2S/c1-30-18-7-12(6-15-19(31)13-8-16(24)17(25)9-14(13)20(15)32)33-22(18)29-21(30)10-2-4-11(5-3-10)23(26,27)28/h2-9H,1H3. The summed E-state index contributed by atoms with van der Waals surface area (Å²) in [5.41, 5.74) is 0.972. The number of ketones is 2. The van der Waals surface area contributed by atoms with E-state index in [1.807, 2.05) is 0 Å². The van der Waals surface area contributed by atoms with Crippen LogP contribution in [-0.4, -0.2) is 21.1 Å². The van der Waals surface area contributed by atoms with Gasteiger partial charge in [0, 0.05) is 28.6 Å². The van der Waals surface area contributed by atoms with Gasteiger partial charge in [0.15, 0.2) is 11.6 Å². The molecule has 0 aliphatic heterocycles. The first-order valence-corrected chi connectivity index (χ1v) is 11.1. The SMILES string of the molecule is Cn1c(-c2ccc(C(F)(F)F)cc2)nc2sc(C=C3C(=O)c4cc(Cl)c(Cl)cc4C3=O)cc21. The average molecular weight is 507 g/mol. The van der Waals surface area contributed by atoms with Gasteiger partial charge in [0.2, 0.25) is 0 Å². The number of Topliss-reactive ketones (excluding diaryl/α,β-unsaturated/α-hetero) is 2. The van der Waals surface area contributed by atoms with Crippen molar-refractivity contribution >= 4 is 62.5 Å². The summed E-state index contributed by atoms with van der Waals surface area (Å²) in [6.07, 6.45) is -2.90. The quantitative estimate of drug-likeness (QED) is 0.215. The van der Waals surface area contributed by atoms with E-state index in [0.717, 1.165) is 17.6 Å². The first kappa shape index (κ1) is 21.9. The topological polar surface area (TPSA) is 52.0 Å². The number of thiophene rings is 1.